The fourth-order valence-electron chi connectivity index (χ4n) is 3.76. The van der Waals surface area contributed by atoms with Crippen molar-refractivity contribution in [1.82, 2.24) is 0 Å². The highest BCUT2D eigenvalue weighted by atomic mass is 32.2. The summed E-state index contributed by atoms with van der Waals surface area (Å²) in [5, 5.41) is 11.5. The number of hydrogen-bond acceptors (Lipinski definition) is 9. The van der Waals surface area contributed by atoms with Crippen molar-refractivity contribution in [3.05, 3.63) is 58.1 Å². The summed E-state index contributed by atoms with van der Waals surface area (Å²) < 4.78 is 35.4. The number of non-ortho nitro benzene ring substituents is 1. The van der Waals surface area contributed by atoms with Gasteiger partial charge in [-0.3, -0.25) is 15.1 Å². The fourth-order valence-corrected chi connectivity index (χ4v) is 6.68. The molecule has 2 aliphatic heterocycles. The van der Waals surface area contributed by atoms with Crippen LogP contribution in [-0.2, 0) is 15.6 Å². The molecule has 31 heavy (non-hydrogen) atoms. The minimum absolute atomic E-state index is 0.0159. The molecule has 1 fully saturated rings. The van der Waals surface area contributed by atoms with Crippen LogP contribution in [-0.4, -0.2) is 56.3 Å². The van der Waals surface area contributed by atoms with E-state index in [1.54, 1.807) is 38.5 Å². The molecule has 11 heteroatoms. The number of fused-ring (bicyclic) bond motifs is 1. The molecule has 0 spiro atoms. The molecule has 0 radical (unpaired) electrons. The molecular weight excluding hydrogens is 442 g/mol. The van der Waals surface area contributed by atoms with Gasteiger partial charge in [-0.1, -0.05) is 23.9 Å². The van der Waals surface area contributed by atoms with Gasteiger partial charge in [-0.05, 0) is 17.7 Å². The molecule has 2 atom stereocenters. The number of thioether (sulfide) groups is 1. The van der Waals surface area contributed by atoms with Crippen molar-refractivity contribution in [2.24, 2.45) is 4.99 Å². The average Bonchev–Trinajstić information content (AvgIpc) is 3.22. The first kappa shape index (κ1) is 21.4. The molecule has 2 aromatic carbocycles. The summed E-state index contributed by atoms with van der Waals surface area (Å²) in [6.45, 7) is 0. The number of benzene rings is 2. The number of sulfone groups is 1. The largest absolute Gasteiger partial charge is 0.497 e. The van der Waals surface area contributed by atoms with Crippen LogP contribution in [0, 0.1) is 10.1 Å². The number of amidine groups is 1. The zero-order chi connectivity index (χ0) is 22.2. The molecule has 2 unspecified atom stereocenters. The lowest BCUT2D eigenvalue weighted by atomic mass is 10.1. The molecule has 0 N–H and O–H groups in total. The van der Waals surface area contributed by atoms with E-state index >= 15 is 0 Å². The van der Waals surface area contributed by atoms with Gasteiger partial charge in [0.1, 0.15) is 11.5 Å². The summed E-state index contributed by atoms with van der Waals surface area (Å²) in [5.74, 6) is 1.78. The molecular formula is C20H21N3O6S2. The van der Waals surface area contributed by atoms with E-state index in [4.69, 9.17) is 14.5 Å². The Morgan fingerprint density at radius 2 is 1.90 bits per heavy atom. The van der Waals surface area contributed by atoms with Crippen LogP contribution in [0.2, 0.25) is 0 Å². The molecule has 1 saturated heterocycles. The highest BCUT2D eigenvalue weighted by Gasteiger charge is 2.47. The lowest BCUT2D eigenvalue weighted by molar-refractivity contribution is -0.384. The lowest BCUT2D eigenvalue weighted by Gasteiger charge is -2.28. The average molecular weight is 464 g/mol. The second-order valence-corrected chi connectivity index (χ2v) is 10.3. The number of nitrogens with zero attached hydrogens (tertiary/aromatic N) is 3. The van der Waals surface area contributed by atoms with E-state index in [2.05, 4.69) is 0 Å². The van der Waals surface area contributed by atoms with Gasteiger partial charge >= 0.3 is 0 Å². The summed E-state index contributed by atoms with van der Waals surface area (Å²) in [6.07, 6.45) is 0. The smallest absolute Gasteiger partial charge is 0.269 e. The van der Waals surface area contributed by atoms with Gasteiger partial charge in [0, 0.05) is 24.0 Å². The van der Waals surface area contributed by atoms with Crippen LogP contribution in [0.25, 0.3) is 0 Å². The zero-order valence-corrected chi connectivity index (χ0v) is 18.6. The Kier molecular flexibility index (Phi) is 5.80. The number of hydrogen-bond donors (Lipinski definition) is 0. The molecule has 4 rings (SSSR count). The third-order valence-electron chi connectivity index (χ3n) is 5.27. The summed E-state index contributed by atoms with van der Waals surface area (Å²) in [4.78, 5) is 17.1. The van der Waals surface area contributed by atoms with Crippen LogP contribution in [0.4, 0.5) is 11.4 Å². The zero-order valence-electron chi connectivity index (χ0n) is 16.9. The van der Waals surface area contributed by atoms with Crippen LogP contribution < -0.4 is 14.4 Å². The number of aliphatic imine (C=N–C) groups is 1. The van der Waals surface area contributed by atoms with Gasteiger partial charge in [0.2, 0.25) is 0 Å². The van der Waals surface area contributed by atoms with E-state index in [1.807, 2.05) is 11.0 Å². The van der Waals surface area contributed by atoms with Crippen molar-refractivity contribution in [2.75, 3.05) is 30.6 Å². The van der Waals surface area contributed by atoms with Crippen molar-refractivity contribution in [2.45, 2.75) is 17.8 Å². The van der Waals surface area contributed by atoms with Gasteiger partial charge in [-0.25, -0.2) is 8.42 Å². The Morgan fingerprint density at radius 1 is 1.16 bits per heavy atom. The Balaban J connectivity index is 1.64. The first-order valence-corrected chi connectivity index (χ1v) is 12.3. The second-order valence-electron chi connectivity index (χ2n) is 7.24. The summed E-state index contributed by atoms with van der Waals surface area (Å²) >= 11 is 1.46. The molecule has 9 nitrogen and oxygen atoms in total. The van der Waals surface area contributed by atoms with E-state index in [0.717, 1.165) is 5.56 Å². The normalized spacial score (nSPS) is 21.5. The minimum Gasteiger partial charge on any atom is -0.497 e. The van der Waals surface area contributed by atoms with Crippen LogP contribution in [0.1, 0.15) is 5.56 Å². The van der Waals surface area contributed by atoms with Gasteiger partial charge in [0.05, 0.1) is 48.4 Å². The van der Waals surface area contributed by atoms with Crippen molar-refractivity contribution in [3.63, 3.8) is 0 Å². The van der Waals surface area contributed by atoms with Gasteiger partial charge in [0.25, 0.3) is 5.69 Å². The molecule has 0 saturated carbocycles. The molecule has 0 bridgehead atoms. The summed E-state index contributed by atoms with van der Waals surface area (Å²) in [7, 11) is -0.0522. The molecule has 0 aliphatic carbocycles. The minimum atomic E-state index is -3.18. The number of nitro benzene ring substituents is 1. The van der Waals surface area contributed by atoms with Crippen LogP contribution in [0.15, 0.2) is 47.5 Å². The van der Waals surface area contributed by atoms with Crippen molar-refractivity contribution < 1.29 is 22.8 Å². The predicted molar refractivity (Wildman–Crippen MR) is 120 cm³/mol. The maximum atomic E-state index is 12.3. The Hall–Kier alpha value is -2.79. The highest BCUT2D eigenvalue weighted by Crippen LogP contribution is 2.41. The molecule has 0 amide bonds. The van der Waals surface area contributed by atoms with Crippen LogP contribution in [0.3, 0.4) is 0 Å². The molecule has 2 heterocycles. The van der Waals surface area contributed by atoms with Crippen molar-refractivity contribution >= 4 is 38.1 Å². The lowest BCUT2D eigenvalue weighted by Crippen LogP contribution is -2.39. The molecule has 2 aromatic rings. The highest BCUT2D eigenvalue weighted by molar-refractivity contribution is 8.13. The number of rotatable bonds is 6. The summed E-state index contributed by atoms with van der Waals surface area (Å²) in [6, 6.07) is 11.1. The van der Waals surface area contributed by atoms with E-state index in [9.17, 15) is 18.5 Å². The summed E-state index contributed by atoms with van der Waals surface area (Å²) in [5.41, 5.74) is 1.64. The topological polar surface area (TPSA) is 111 Å². The van der Waals surface area contributed by atoms with E-state index in [0.29, 0.717) is 28.1 Å². The molecule has 0 aromatic heterocycles. The molecule has 164 valence electrons. The fraction of sp³-hybridized carbons (Fsp3) is 0.350. The Morgan fingerprint density at radius 3 is 2.55 bits per heavy atom. The van der Waals surface area contributed by atoms with E-state index in [-0.39, 0.29) is 29.3 Å². The van der Waals surface area contributed by atoms with Gasteiger partial charge in [0.15, 0.2) is 15.0 Å². The molecule has 2 aliphatic rings. The van der Waals surface area contributed by atoms with Crippen LogP contribution >= 0.6 is 11.8 Å². The van der Waals surface area contributed by atoms with Crippen LogP contribution in [0.5, 0.6) is 11.5 Å². The monoisotopic (exact) mass is 463 g/mol. The maximum absolute atomic E-state index is 12.3. The van der Waals surface area contributed by atoms with Gasteiger partial charge in [-0.2, -0.15) is 0 Å². The van der Waals surface area contributed by atoms with Gasteiger partial charge in [-0.15, -0.1) is 0 Å². The third-order valence-corrected chi connectivity index (χ3v) is 8.00. The Bertz CT molecular complexity index is 1130. The maximum Gasteiger partial charge on any atom is 0.269 e. The number of ether oxygens (including phenoxy) is 2. The number of anilines is 1. The SMILES string of the molecule is COc1ccc(OC)c(N2C(SCc3ccc([N+](=O)[O-])cc3)=NC3CS(=O)(=O)CC32)c1. The van der Waals surface area contributed by atoms with E-state index < -0.39 is 14.8 Å². The van der Waals surface area contributed by atoms with Gasteiger partial charge < -0.3 is 14.4 Å². The second kappa shape index (κ2) is 8.39. The standard InChI is InChI=1S/C20H21N3O6S2/c1-28-15-7-8-19(29-2)17(9-15)22-18-12-31(26,27)11-16(18)21-20(22)30-10-13-3-5-14(6-4-13)23(24)25/h3-9,16,18H,10-12H2,1-2H3. The quantitative estimate of drug-likeness (QED) is 0.475. The predicted octanol–water partition coefficient (Wildman–Crippen LogP) is 2.89. The van der Waals surface area contributed by atoms with Crippen molar-refractivity contribution in [3.8, 4) is 11.5 Å². The number of methoxy groups -OCH3 is 2. The van der Waals surface area contributed by atoms with E-state index in [1.165, 1.54) is 23.9 Å². The Labute approximate surface area is 184 Å². The first-order chi connectivity index (χ1) is 14.8. The number of nitro groups is 1. The first-order valence-electron chi connectivity index (χ1n) is 9.47. The van der Waals surface area contributed by atoms with Crippen molar-refractivity contribution in [1.29, 1.82) is 0 Å². The third kappa shape index (κ3) is 4.33.